The first-order valence-corrected chi connectivity index (χ1v) is 7.48. The molecule has 0 spiro atoms. The second kappa shape index (κ2) is 7.58. The molecule has 3 heteroatoms. The number of amides is 1. The van der Waals surface area contributed by atoms with E-state index in [1.807, 2.05) is 31.2 Å². The molecule has 0 unspecified atom stereocenters. The van der Waals surface area contributed by atoms with Crippen molar-refractivity contribution < 1.29 is 4.79 Å². The van der Waals surface area contributed by atoms with Crippen molar-refractivity contribution in [1.82, 2.24) is 4.98 Å². The summed E-state index contributed by atoms with van der Waals surface area (Å²) in [5.74, 6) is 0.611. The molecular weight excluding hydrogens is 260 g/mol. The van der Waals surface area contributed by atoms with E-state index in [0.717, 1.165) is 17.5 Å². The topological polar surface area (TPSA) is 42.0 Å². The fraction of sp³-hybridized carbons (Fsp3) is 0.333. The van der Waals surface area contributed by atoms with Crippen LogP contribution in [0.3, 0.4) is 0 Å². The van der Waals surface area contributed by atoms with Crippen LogP contribution in [0, 0.1) is 6.92 Å². The molecule has 3 nitrogen and oxygen atoms in total. The molecule has 0 bridgehead atoms. The Balaban J connectivity index is 1.92. The summed E-state index contributed by atoms with van der Waals surface area (Å²) < 4.78 is 0. The van der Waals surface area contributed by atoms with E-state index in [4.69, 9.17) is 0 Å². The summed E-state index contributed by atoms with van der Waals surface area (Å²) in [6.45, 7) is 4.13. The zero-order valence-electron chi connectivity index (χ0n) is 12.7. The summed E-state index contributed by atoms with van der Waals surface area (Å²) in [6.07, 6.45) is 5.58. The van der Waals surface area contributed by atoms with Crippen molar-refractivity contribution in [3.8, 4) is 0 Å². The van der Waals surface area contributed by atoms with Crippen LogP contribution in [0.1, 0.15) is 36.5 Å². The highest BCUT2D eigenvalue weighted by Crippen LogP contribution is 2.12. The van der Waals surface area contributed by atoms with Crippen molar-refractivity contribution in [3.05, 3.63) is 59.3 Å². The quantitative estimate of drug-likeness (QED) is 0.872. The van der Waals surface area contributed by atoms with Crippen LogP contribution in [0.5, 0.6) is 0 Å². The molecule has 0 saturated heterocycles. The molecule has 0 saturated carbocycles. The molecule has 0 aliphatic rings. The Morgan fingerprint density at radius 3 is 2.52 bits per heavy atom. The molecule has 1 aromatic heterocycles. The predicted octanol–water partition coefficient (Wildman–Crippen LogP) is 3.91. The van der Waals surface area contributed by atoms with Gasteiger partial charge >= 0.3 is 0 Å². The van der Waals surface area contributed by atoms with E-state index in [1.54, 1.807) is 6.20 Å². The highest BCUT2D eigenvalue weighted by atomic mass is 16.1. The number of pyridine rings is 1. The minimum atomic E-state index is -0.0295. The number of carbonyl (C=O) groups excluding carboxylic acids is 1. The number of benzene rings is 1. The van der Waals surface area contributed by atoms with Gasteiger partial charge in [-0.3, -0.25) is 4.79 Å². The summed E-state index contributed by atoms with van der Waals surface area (Å²) in [7, 11) is 0. The van der Waals surface area contributed by atoms with Crippen LogP contribution < -0.4 is 5.32 Å². The lowest BCUT2D eigenvalue weighted by Crippen LogP contribution is -2.16. The van der Waals surface area contributed by atoms with Crippen molar-refractivity contribution in [1.29, 1.82) is 0 Å². The normalized spacial score (nSPS) is 10.4. The Kier molecular flexibility index (Phi) is 5.50. The Bertz CT molecular complexity index is 590. The third-order valence-corrected chi connectivity index (χ3v) is 3.47. The van der Waals surface area contributed by atoms with E-state index in [2.05, 4.69) is 29.4 Å². The molecular formula is C18H22N2O. The summed E-state index contributed by atoms with van der Waals surface area (Å²) in [4.78, 5) is 16.2. The first kappa shape index (κ1) is 15.2. The average molecular weight is 282 g/mol. The van der Waals surface area contributed by atoms with Crippen LogP contribution in [0.25, 0.3) is 0 Å². The predicted molar refractivity (Wildman–Crippen MR) is 86.4 cm³/mol. The lowest BCUT2D eigenvalue weighted by Gasteiger charge is -2.07. The number of nitrogens with zero attached hydrogens (tertiary/aromatic N) is 1. The average Bonchev–Trinajstić information content (AvgIpc) is 2.49. The van der Waals surface area contributed by atoms with Crippen LogP contribution in [0.4, 0.5) is 5.82 Å². The molecule has 110 valence electrons. The minimum absolute atomic E-state index is 0.0295. The van der Waals surface area contributed by atoms with E-state index in [0.29, 0.717) is 12.2 Å². The first-order chi connectivity index (χ1) is 10.2. The molecule has 1 amide bonds. The van der Waals surface area contributed by atoms with Gasteiger partial charge in [0.1, 0.15) is 5.82 Å². The highest BCUT2D eigenvalue weighted by Gasteiger charge is 2.06. The molecule has 0 radical (unpaired) electrons. The van der Waals surface area contributed by atoms with Gasteiger partial charge < -0.3 is 5.32 Å². The number of carbonyl (C=O) groups is 1. The standard InChI is InChI=1S/C18H22N2O/c1-3-4-7-15-8-10-16(11-9-15)13-17(21)20-18-14(2)6-5-12-19-18/h5-6,8-12H,3-4,7,13H2,1-2H3,(H,19,20,21). The van der Waals surface area contributed by atoms with Gasteiger partial charge in [0, 0.05) is 6.20 Å². The maximum absolute atomic E-state index is 12.0. The highest BCUT2D eigenvalue weighted by molar-refractivity contribution is 5.91. The molecule has 1 heterocycles. The molecule has 21 heavy (non-hydrogen) atoms. The lowest BCUT2D eigenvalue weighted by atomic mass is 10.0. The second-order valence-electron chi connectivity index (χ2n) is 5.31. The third kappa shape index (κ3) is 4.71. The van der Waals surface area contributed by atoms with Gasteiger partial charge in [0.25, 0.3) is 0 Å². The zero-order chi connectivity index (χ0) is 15.1. The summed E-state index contributed by atoms with van der Waals surface area (Å²) in [6, 6.07) is 12.1. The molecule has 0 atom stereocenters. The van der Waals surface area contributed by atoms with Gasteiger partial charge in [-0.1, -0.05) is 43.7 Å². The van der Waals surface area contributed by atoms with E-state index in [9.17, 15) is 4.79 Å². The van der Waals surface area contributed by atoms with Gasteiger partial charge in [0.05, 0.1) is 6.42 Å². The van der Waals surface area contributed by atoms with Crippen molar-refractivity contribution in [3.63, 3.8) is 0 Å². The Labute approximate surface area is 126 Å². The molecule has 2 aromatic rings. The lowest BCUT2D eigenvalue weighted by molar-refractivity contribution is -0.115. The smallest absolute Gasteiger partial charge is 0.229 e. The van der Waals surface area contributed by atoms with Crippen molar-refractivity contribution in [2.45, 2.75) is 39.5 Å². The van der Waals surface area contributed by atoms with Crippen molar-refractivity contribution >= 4 is 11.7 Å². The second-order valence-corrected chi connectivity index (χ2v) is 5.31. The number of hydrogen-bond acceptors (Lipinski definition) is 2. The van der Waals surface area contributed by atoms with E-state index in [-0.39, 0.29) is 5.91 Å². The van der Waals surface area contributed by atoms with E-state index >= 15 is 0 Å². The van der Waals surface area contributed by atoms with Gasteiger partial charge in [0.2, 0.25) is 5.91 Å². The van der Waals surface area contributed by atoms with Crippen LogP contribution in [0.15, 0.2) is 42.6 Å². The maximum Gasteiger partial charge on any atom is 0.229 e. The van der Waals surface area contributed by atoms with Gasteiger partial charge in [-0.05, 0) is 42.5 Å². The van der Waals surface area contributed by atoms with Crippen LogP contribution in [-0.2, 0) is 17.6 Å². The number of aryl methyl sites for hydroxylation is 2. The van der Waals surface area contributed by atoms with Crippen molar-refractivity contribution in [2.75, 3.05) is 5.32 Å². The Morgan fingerprint density at radius 2 is 1.86 bits per heavy atom. The van der Waals surface area contributed by atoms with E-state index in [1.165, 1.54) is 18.4 Å². The summed E-state index contributed by atoms with van der Waals surface area (Å²) in [5.41, 5.74) is 3.34. The molecule has 1 N–H and O–H groups in total. The number of nitrogens with one attached hydrogen (secondary N) is 1. The number of anilines is 1. The zero-order valence-corrected chi connectivity index (χ0v) is 12.7. The monoisotopic (exact) mass is 282 g/mol. The SMILES string of the molecule is CCCCc1ccc(CC(=O)Nc2ncccc2C)cc1. The van der Waals surface area contributed by atoms with Crippen LogP contribution >= 0.6 is 0 Å². The molecule has 0 aliphatic heterocycles. The fourth-order valence-corrected chi connectivity index (χ4v) is 2.18. The molecule has 0 fully saturated rings. The van der Waals surface area contributed by atoms with Crippen molar-refractivity contribution in [2.24, 2.45) is 0 Å². The van der Waals surface area contributed by atoms with Gasteiger partial charge in [-0.25, -0.2) is 4.98 Å². The Morgan fingerprint density at radius 1 is 1.14 bits per heavy atom. The first-order valence-electron chi connectivity index (χ1n) is 7.48. The maximum atomic E-state index is 12.0. The summed E-state index contributed by atoms with van der Waals surface area (Å²) >= 11 is 0. The molecule has 0 aliphatic carbocycles. The fourth-order valence-electron chi connectivity index (χ4n) is 2.18. The Hall–Kier alpha value is -2.16. The molecule has 1 aromatic carbocycles. The summed E-state index contributed by atoms with van der Waals surface area (Å²) in [5, 5.41) is 2.86. The van der Waals surface area contributed by atoms with Gasteiger partial charge in [-0.15, -0.1) is 0 Å². The van der Waals surface area contributed by atoms with Gasteiger partial charge in [-0.2, -0.15) is 0 Å². The van der Waals surface area contributed by atoms with Crippen LogP contribution in [0.2, 0.25) is 0 Å². The molecule has 2 rings (SSSR count). The van der Waals surface area contributed by atoms with E-state index < -0.39 is 0 Å². The number of hydrogen-bond donors (Lipinski definition) is 1. The van der Waals surface area contributed by atoms with Gasteiger partial charge in [0.15, 0.2) is 0 Å². The number of unbranched alkanes of at least 4 members (excludes halogenated alkanes) is 1. The van der Waals surface area contributed by atoms with Crippen LogP contribution in [-0.4, -0.2) is 10.9 Å². The number of rotatable bonds is 6. The largest absolute Gasteiger partial charge is 0.310 e. The number of aromatic nitrogens is 1. The third-order valence-electron chi connectivity index (χ3n) is 3.47. The minimum Gasteiger partial charge on any atom is -0.310 e.